The molecule has 5 heteroatoms. The van der Waals surface area contributed by atoms with Crippen molar-refractivity contribution in [2.75, 3.05) is 13.1 Å². The van der Waals surface area contributed by atoms with Gasteiger partial charge in [-0.25, -0.2) is 9.97 Å². The molecule has 0 atom stereocenters. The first-order chi connectivity index (χ1) is 11.7. The number of hydrogen-bond donors (Lipinski definition) is 0. The van der Waals surface area contributed by atoms with Crippen LogP contribution < -0.4 is 0 Å². The lowest BCUT2D eigenvalue weighted by atomic mass is 10.1. The maximum Gasteiger partial charge on any atom is 0.131 e. The summed E-state index contributed by atoms with van der Waals surface area (Å²) in [5.74, 6) is 1.30. The monoisotopic (exact) mass is 326 g/mol. The number of nitrogens with zero attached hydrogens (tertiary/aromatic N) is 4. The van der Waals surface area contributed by atoms with Gasteiger partial charge in [-0.3, -0.25) is 9.88 Å². The maximum atomic E-state index is 6.03. The average Bonchev–Trinajstić information content (AvgIpc) is 2.62. The SMILES string of the molecule is CC(C)c1nccc(CN2CCC(OCc3cccnc3)CC2)n1. The molecule has 2 aromatic heterocycles. The van der Waals surface area contributed by atoms with E-state index in [1.165, 1.54) is 0 Å². The molecule has 2 aromatic rings. The summed E-state index contributed by atoms with van der Waals surface area (Å²) in [6, 6.07) is 6.04. The number of piperidine rings is 1. The van der Waals surface area contributed by atoms with E-state index in [-0.39, 0.29) is 0 Å². The lowest BCUT2D eigenvalue weighted by Gasteiger charge is -2.31. The van der Waals surface area contributed by atoms with Gasteiger partial charge in [-0.1, -0.05) is 19.9 Å². The average molecular weight is 326 g/mol. The van der Waals surface area contributed by atoms with E-state index in [2.05, 4.69) is 39.8 Å². The maximum absolute atomic E-state index is 6.03. The Kier molecular flexibility index (Phi) is 5.88. The zero-order valence-corrected chi connectivity index (χ0v) is 14.6. The van der Waals surface area contributed by atoms with Crippen molar-refractivity contribution in [3.05, 3.63) is 53.9 Å². The van der Waals surface area contributed by atoms with Crippen LogP contribution in [0.25, 0.3) is 0 Å². The van der Waals surface area contributed by atoms with Gasteiger partial charge in [-0.05, 0) is 30.5 Å². The van der Waals surface area contributed by atoms with Gasteiger partial charge in [0.1, 0.15) is 5.82 Å². The molecule has 0 spiro atoms. The molecule has 5 nitrogen and oxygen atoms in total. The van der Waals surface area contributed by atoms with Gasteiger partial charge in [0.15, 0.2) is 0 Å². The van der Waals surface area contributed by atoms with Crippen molar-refractivity contribution in [2.24, 2.45) is 0 Å². The van der Waals surface area contributed by atoms with Gasteiger partial charge >= 0.3 is 0 Å². The van der Waals surface area contributed by atoms with Gasteiger partial charge in [0.25, 0.3) is 0 Å². The Labute approximate surface area is 144 Å². The Bertz CT molecular complexity index is 624. The minimum Gasteiger partial charge on any atom is -0.373 e. The van der Waals surface area contributed by atoms with E-state index < -0.39 is 0 Å². The van der Waals surface area contributed by atoms with Crippen LogP contribution in [0, 0.1) is 0 Å². The molecule has 0 radical (unpaired) electrons. The van der Waals surface area contributed by atoms with E-state index in [4.69, 9.17) is 4.74 Å². The number of pyridine rings is 1. The van der Waals surface area contributed by atoms with E-state index in [1.54, 1.807) is 6.20 Å². The van der Waals surface area contributed by atoms with E-state index in [1.807, 2.05) is 24.5 Å². The number of rotatable bonds is 6. The Morgan fingerprint density at radius 2 is 2.04 bits per heavy atom. The quantitative estimate of drug-likeness (QED) is 0.816. The fourth-order valence-corrected chi connectivity index (χ4v) is 2.94. The molecule has 3 heterocycles. The highest BCUT2D eigenvalue weighted by atomic mass is 16.5. The predicted octanol–water partition coefficient (Wildman–Crippen LogP) is 3.18. The third kappa shape index (κ3) is 4.82. The van der Waals surface area contributed by atoms with Crippen LogP contribution in [0.2, 0.25) is 0 Å². The van der Waals surface area contributed by atoms with Crippen LogP contribution in [-0.2, 0) is 17.9 Å². The van der Waals surface area contributed by atoms with E-state index >= 15 is 0 Å². The van der Waals surface area contributed by atoms with Gasteiger partial charge in [0.2, 0.25) is 0 Å². The first kappa shape index (κ1) is 17.0. The summed E-state index contributed by atoms with van der Waals surface area (Å²) in [5.41, 5.74) is 2.26. The molecule has 1 saturated heterocycles. The van der Waals surface area contributed by atoms with Crippen molar-refractivity contribution in [1.82, 2.24) is 19.9 Å². The first-order valence-corrected chi connectivity index (χ1v) is 8.75. The molecule has 0 bridgehead atoms. The molecule has 1 aliphatic heterocycles. The van der Waals surface area contributed by atoms with Crippen LogP contribution in [0.3, 0.4) is 0 Å². The number of aromatic nitrogens is 3. The van der Waals surface area contributed by atoms with Crippen molar-refractivity contribution >= 4 is 0 Å². The Morgan fingerprint density at radius 3 is 2.75 bits per heavy atom. The van der Waals surface area contributed by atoms with Crippen molar-refractivity contribution in [3.8, 4) is 0 Å². The summed E-state index contributed by atoms with van der Waals surface area (Å²) in [5, 5.41) is 0. The van der Waals surface area contributed by atoms with Gasteiger partial charge < -0.3 is 4.74 Å². The molecular weight excluding hydrogens is 300 g/mol. The zero-order chi connectivity index (χ0) is 16.8. The third-order valence-corrected chi connectivity index (χ3v) is 4.38. The van der Waals surface area contributed by atoms with E-state index in [0.29, 0.717) is 18.6 Å². The molecule has 24 heavy (non-hydrogen) atoms. The van der Waals surface area contributed by atoms with Crippen LogP contribution in [0.15, 0.2) is 36.8 Å². The first-order valence-electron chi connectivity index (χ1n) is 8.75. The van der Waals surface area contributed by atoms with Crippen LogP contribution in [0.4, 0.5) is 0 Å². The highest BCUT2D eigenvalue weighted by Crippen LogP contribution is 2.17. The van der Waals surface area contributed by atoms with Crippen LogP contribution in [0.1, 0.15) is 49.7 Å². The third-order valence-electron chi connectivity index (χ3n) is 4.38. The van der Waals surface area contributed by atoms with Gasteiger partial charge in [0.05, 0.1) is 18.4 Å². The van der Waals surface area contributed by atoms with Crippen molar-refractivity contribution in [2.45, 2.75) is 51.9 Å². The molecule has 0 N–H and O–H groups in total. The molecule has 0 saturated carbocycles. The standard InChI is InChI=1S/C19H26N4O/c1-15(2)19-21-9-5-17(22-19)13-23-10-6-18(7-11-23)24-14-16-4-3-8-20-12-16/h3-5,8-9,12,15,18H,6-7,10-11,13-14H2,1-2H3. The minimum atomic E-state index is 0.345. The summed E-state index contributed by atoms with van der Waals surface area (Å²) in [7, 11) is 0. The molecular formula is C19H26N4O. The predicted molar refractivity (Wildman–Crippen MR) is 93.4 cm³/mol. The molecule has 128 valence electrons. The van der Waals surface area contributed by atoms with Crippen LogP contribution >= 0.6 is 0 Å². The molecule has 0 amide bonds. The van der Waals surface area contributed by atoms with Crippen molar-refractivity contribution < 1.29 is 4.74 Å². The molecule has 0 aliphatic carbocycles. The van der Waals surface area contributed by atoms with Crippen molar-refractivity contribution in [1.29, 1.82) is 0 Å². The Hall–Kier alpha value is -1.85. The highest BCUT2D eigenvalue weighted by Gasteiger charge is 2.20. The minimum absolute atomic E-state index is 0.345. The second-order valence-electron chi connectivity index (χ2n) is 6.71. The van der Waals surface area contributed by atoms with Crippen molar-refractivity contribution in [3.63, 3.8) is 0 Å². The topological polar surface area (TPSA) is 51.1 Å². The normalized spacial score (nSPS) is 16.6. The molecule has 3 rings (SSSR count). The van der Waals surface area contributed by atoms with E-state index in [0.717, 1.165) is 49.6 Å². The fraction of sp³-hybridized carbons (Fsp3) is 0.526. The molecule has 0 aromatic carbocycles. The smallest absolute Gasteiger partial charge is 0.131 e. The van der Waals surface area contributed by atoms with Gasteiger partial charge in [-0.2, -0.15) is 0 Å². The second kappa shape index (κ2) is 8.31. The van der Waals surface area contributed by atoms with Gasteiger partial charge in [-0.15, -0.1) is 0 Å². The summed E-state index contributed by atoms with van der Waals surface area (Å²) in [4.78, 5) is 15.6. The summed E-state index contributed by atoms with van der Waals surface area (Å²) in [6.07, 6.45) is 8.03. The van der Waals surface area contributed by atoms with E-state index in [9.17, 15) is 0 Å². The summed E-state index contributed by atoms with van der Waals surface area (Å²) < 4.78 is 6.03. The number of ether oxygens (including phenoxy) is 1. The Morgan fingerprint density at radius 1 is 1.21 bits per heavy atom. The lowest BCUT2D eigenvalue weighted by molar-refractivity contribution is -0.00425. The zero-order valence-electron chi connectivity index (χ0n) is 14.6. The number of likely N-dealkylation sites (tertiary alicyclic amines) is 1. The molecule has 1 aliphatic rings. The Balaban J connectivity index is 1.44. The van der Waals surface area contributed by atoms with Crippen LogP contribution in [0.5, 0.6) is 0 Å². The second-order valence-corrected chi connectivity index (χ2v) is 6.71. The lowest BCUT2D eigenvalue weighted by Crippen LogP contribution is -2.36. The fourth-order valence-electron chi connectivity index (χ4n) is 2.94. The van der Waals surface area contributed by atoms with Crippen LogP contribution in [-0.4, -0.2) is 39.0 Å². The molecule has 1 fully saturated rings. The molecule has 0 unspecified atom stereocenters. The highest BCUT2D eigenvalue weighted by molar-refractivity contribution is 5.07. The summed E-state index contributed by atoms with van der Waals surface area (Å²) in [6.45, 7) is 7.92. The largest absolute Gasteiger partial charge is 0.373 e. The summed E-state index contributed by atoms with van der Waals surface area (Å²) >= 11 is 0. The van der Waals surface area contributed by atoms with Gasteiger partial charge in [0, 0.05) is 44.1 Å². The number of hydrogen-bond acceptors (Lipinski definition) is 5.